The zero-order chi connectivity index (χ0) is 18.5. The third kappa shape index (κ3) is 3.93. The average Bonchev–Trinajstić information content (AvgIpc) is 3.22. The van der Waals surface area contributed by atoms with Crippen LogP contribution in [0.3, 0.4) is 0 Å². The molecular formula is C22H16N2O3. The molecule has 132 valence electrons. The number of ether oxygens (including phenoxy) is 1. The quantitative estimate of drug-likeness (QED) is 0.474. The Kier molecular flexibility index (Phi) is 4.74. The highest BCUT2D eigenvalue weighted by molar-refractivity contribution is 6.08. The highest BCUT2D eigenvalue weighted by atomic mass is 16.5. The molecule has 0 aliphatic heterocycles. The third-order valence-corrected chi connectivity index (χ3v) is 4.00. The molecule has 4 aromatic rings. The zero-order valence-electron chi connectivity index (χ0n) is 14.4. The zero-order valence-corrected chi connectivity index (χ0v) is 14.4. The molecule has 0 unspecified atom stereocenters. The van der Waals surface area contributed by atoms with Crippen LogP contribution in [0.2, 0.25) is 0 Å². The Hall–Kier alpha value is -3.73. The van der Waals surface area contributed by atoms with Crippen molar-refractivity contribution in [2.45, 2.75) is 6.61 Å². The van der Waals surface area contributed by atoms with Gasteiger partial charge in [-0.15, -0.1) is 10.2 Å². The molecule has 4 rings (SSSR count). The van der Waals surface area contributed by atoms with Crippen LogP contribution in [-0.4, -0.2) is 16.0 Å². The van der Waals surface area contributed by atoms with Crippen LogP contribution >= 0.6 is 0 Å². The Morgan fingerprint density at radius 3 is 2.11 bits per heavy atom. The molecule has 3 aromatic carbocycles. The molecule has 0 radical (unpaired) electrons. The number of carbonyl (C=O) groups excluding carboxylic acids is 1. The Balaban J connectivity index is 1.39. The van der Waals surface area contributed by atoms with Crippen molar-refractivity contribution in [3.63, 3.8) is 0 Å². The largest absolute Gasteiger partial charge is 0.484 e. The highest BCUT2D eigenvalue weighted by Gasteiger charge is 2.10. The Morgan fingerprint density at radius 1 is 0.778 bits per heavy atom. The van der Waals surface area contributed by atoms with E-state index in [0.29, 0.717) is 28.7 Å². The molecule has 27 heavy (non-hydrogen) atoms. The molecule has 0 aliphatic carbocycles. The van der Waals surface area contributed by atoms with E-state index in [1.54, 1.807) is 36.4 Å². The van der Waals surface area contributed by atoms with Gasteiger partial charge in [0.05, 0.1) is 0 Å². The van der Waals surface area contributed by atoms with Crippen molar-refractivity contribution in [3.05, 3.63) is 102 Å². The van der Waals surface area contributed by atoms with E-state index in [1.807, 2.05) is 48.5 Å². The van der Waals surface area contributed by atoms with E-state index in [0.717, 1.165) is 5.56 Å². The highest BCUT2D eigenvalue weighted by Crippen LogP contribution is 2.19. The summed E-state index contributed by atoms with van der Waals surface area (Å²) in [4.78, 5) is 12.4. The normalized spacial score (nSPS) is 10.5. The van der Waals surface area contributed by atoms with Crippen molar-refractivity contribution in [2.75, 3.05) is 0 Å². The van der Waals surface area contributed by atoms with Crippen molar-refractivity contribution in [1.29, 1.82) is 0 Å². The SMILES string of the molecule is O=C(c1ccccc1)c1ccc(OCc2nnc(-c3ccccc3)o2)cc1. The maximum absolute atomic E-state index is 12.4. The van der Waals surface area contributed by atoms with Crippen molar-refractivity contribution in [3.8, 4) is 17.2 Å². The van der Waals surface area contributed by atoms with Crippen LogP contribution in [0.15, 0.2) is 89.3 Å². The molecule has 1 aromatic heterocycles. The summed E-state index contributed by atoms with van der Waals surface area (Å²) in [6, 6.07) is 25.7. The van der Waals surface area contributed by atoms with E-state index in [4.69, 9.17) is 9.15 Å². The van der Waals surface area contributed by atoms with E-state index < -0.39 is 0 Å². The van der Waals surface area contributed by atoms with Gasteiger partial charge in [-0.2, -0.15) is 0 Å². The van der Waals surface area contributed by atoms with E-state index in [-0.39, 0.29) is 12.4 Å². The molecular weight excluding hydrogens is 340 g/mol. The molecule has 0 aliphatic rings. The number of nitrogens with zero attached hydrogens (tertiary/aromatic N) is 2. The Bertz CT molecular complexity index is 1030. The molecule has 0 fully saturated rings. The van der Waals surface area contributed by atoms with Gasteiger partial charge >= 0.3 is 0 Å². The lowest BCUT2D eigenvalue weighted by Crippen LogP contribution is -2.01. The minimum Gasteiger partial charge on any atom is -0.484 e. The molecule has 5 nitrogen and oxygen atoms in total. The van der Waals surface area contributed by atoms with Gasteiger partial charge in [-0.3, -0.25) is 4.79 Å². The van der Waals surface area contributed by atoms with Crippen LogP contribution in [0.5, 0.6) is 5.75 Å². The molecule has 0 atom stereocenters. The number of benzene rings is 3. The van der Waals surface area contributed by atoms with Gasteiger partial charge in [0.25, 0.3) is 5.89 Å². The van der Waals surface area contributed by atoms with Gasteiger partial charge in [0.2, 0.25) is 5.89 Å². The van der Waals surface area contributed by atoms with E-state index >= 15 is 0 Å². The lowest BCUT2D eigenvalue weighted by molar-refractivity contribution is 0.103. The maximum atomic E-state index is 12.4. The van der Waals surface area contributed by atoms with Gasteiger partial charge in [-0.1, -0.05) is 48.5 Å². The summed E-state index contributed by atoms with van der Waals surface area (Å²) in [7, 11) is 0. The number of hydrogen-bond donors (Lipinski definition) is 0. The lowest BCUT2D eigenvalue weighted by atomic mass is 10.0. The minimum absolute atomic E-state index is 0.0217. The van der Waals surface area contributed by atoms with Crippen molar-refractivity contribution in [2.24, 2.45) is 0 Å². The summed E-state index contributed by atoms with van der Waals surface area (Å²) in [5.74, 6) is 1.45. The number of rotatable bonds is 6. The summed E-state index contributed by atoms with van der Waals surface area (Å²) in [5, 5.41) is 8.03. The molecule has 1 heterocycles. The summed E-state index contributed by atoms with van der Waals surface area (Å²) in [5.41, 5.74) is 2.13. The van der Waals surface area contributed by atoms with E-state index in [1.165, 1.54) is 0 Å². The van der Waals surface area contributed by atoms with Gasteiger partial charge in [0.15, 0.2) is 12.4 Å². The summed E-state index contributed by atoms with van der Waals surface area (Å²) < 4.78 is 11.3. The molecule has 0 bridgehead atoms. The second-order valence-electron chi connectivity index (χ2n) is 5.88. The van der Waals surface area contributed by atoms with Gasteiger partial charge in [0, 0.05) is 16.7 Å². The number of aromatic nitrogens is 2. The standard InChI is InChI=1S/C22H16N2O3/c25-21(16-7-3-1-4-8-16)17-11-13-19(14-12-17)26-15-20-23-24-22(27-20)18-9-5-2-6-10-18/h1-14H,15H2. The van der Waals surface area contributed by atoms with E-state index in [9.17, 15) is 4.79 Å². The first-order valence-electron chi connectivity index (χ1n) is 8.50. The fourth-order valence-corrected chi connectivity index (χ4v) is 2.61. The van der Waals surface area contributed by atoms with Crippen LogP contribution in [0.1, 0.15) is 21.8 Å². The second kappa shape index (κ2) is 7.66. The number of carbonyl (C=O) groups is 1. The summed E-state index contributed by atoms with van der Waals surface area (Å²) >= 11 is 0. The molecule has 0 amide bonds. The molecule has 5 heteroatoms. The van der Waals surface area contributed by atoms with Crippen LogP contribution in [0, 0.1) is 0 Å². The first-order chi connectivity index (χ1) is 13.3. The molecule has 0 saturated heterocycles. The summed E-state index contributed by atoms with van der Waals surface area (Å²) in [6.07, 6.45) is 0. The van der Waals surface area contributed by atoms with Crippen molar-refractivity contribution < 1.29 is 13.9 Å². The monoisotopic (exact) mass is 356 g/mol. The topological polar surface area (TPSA) is 65.2 Å². The molecule has 0 saturated carbocycles. The van der Waals surface area contributed by atoms with Crippen molar-refractivity contribution in [1.82, 2.24) is 10.2 Å². The fraction of sp³-hybridized carbons (Fsp3) is 0.0455. The predicted molar refractivity (Wildman–Crippen MR) is 100 cm³/mol. The second-order valence-corrected chi connectivity index (χ2v) is 5.88. The van der Waals surface area contributed by atoms with Crippen LogP contribution < -0.4 is 4.74 Å². The third-order valence-electron chi connectivity index (χ3n) is 4.00. The van der Waals surface area contributed by atoms with Gasteiger partial charge in [-0.05, 0) is 36.4 Å². The van der Waals surface area contributed by atoms with Gasteiger partial charge in [-0.25, -0.2) is 0 Å². The predicted octanol–water partition coefficient (Wildman–Crippen LogP) is 4.55. The average molecular weight is 356 g/mol. The van der Waals surface area contributed by atoms with Gasteiger partial charge in [0.1, 0.15) is 5.75 Å². The van der Waals surface area contributed by atoms with Crippen LogP contribution in [0.4, 0.5) is 0 Å². The van der Waals surface area contributed by atoms with Crippen LogP contribution in [-0.2, 0) is 6.61 Å². The number of ketones is 1. The molecule has 0 N–H and O–H groups in total. The summed E-state index contributed by atoms with van der Waals surface area (Å²) in [6.45, 7) is 0.159. The van der Waals surface area contributed by atoms with E-state index in [2.05, 4.69) is 10.2 Å². The van der Waals surface area contributed by atoms with Crippen LogP contribution in [0.25, 0.3) is 11.5 Å². The Morgan fingerprint density at radius 2 is 1.41 bits per heavy atom. The molecule has 0 spiro atoms. The first kappa shape index (κ1) is 16.7. The minimum atomic E-state index is -0.0217. The fourth-order valence-electron chi connectivity index (χ4n) is 2.61. The number of hydrogen-bond acceptors (Lipinski definition) is 5. The van der Waals surface area contributed by atoms with Crippen molar-refractivity contribution >= 4 is 5.78 Å². The smallest absolute Gasteiger partial charge is 0.254 e. The first-order valence-corrected chi connectivity index (χ1v) is 8.50. The lowest BCUT2D eigenvalue weighted by Gasteiger charge is -2.05. The Labute approximate surface area is 156 Å². The maximum Gasteiger partial charge on any atom is 0.254 e. The van der Waals surface area contributed by atoms with Gasteiger partial charge < -0.3 is 9.15 Å².